The fraction of sp³-hybridized carbons (Fsp3) is 0.533. The average molecular weight is 281 g/mol. The molecule has 1 fully saturated rings. The van der Waals surface area contributed by atoms with Gasteiger partial charge in [0.15, 0.2) is 0 Å². The quantitative estimate of drug-likeness (QED) is 0.804. The van der Waals surface area contributed by atoms with Crippen LogP contribution >= 0.6 is 0 Å². The Morgan fingerprint density at radius 2 is 2.25 bits per heavy atom. The van der Waals surface area contributed by atoms with E-state index >= 15 is 0 Å². The summed E-state index contributed by atoms with van der Waals surface area (Å²) < 4.78 is 17.4. The highest BCUT2D eigenvalue weighted by Crippen LogP contribution is 2.39. The molecule has 0 aliphatic heterocycles. The van der Waals surface area contributed by atoms with E-state index in [1.807, 2.05) is 12.1 Å². The van der Waals surface area contributed by atoms with E-state index in [2.05, 4.69) is 0 Å². The number of carbonyl (C=O) groups is 1. The van der Waals surface area contributed by atoms with Gasteiger partial charge >= 0.3 is 5.97 Å². The molecule has 1 saturated carbocycles. The highest BCUT2D eigenvalue weighted by Gasteiger charge is 2.24. The van der Waals surface area contributed by atoms with Gasteiger partial charge in [-0.15, -0.1) is 0 Å². The third-order valence-corrected chi connectivity index (χ3v) is 3.76. The van der Waals surface area contributed by atoms with Crippen molar-refractivity contribution in [2.24, 2.45) is 5.73 Å². The van der Waals surface area contributed by atoms with E-state index in [1.54, 1.807) is 6.07 Å². The number of hydrogen-bond acceptors (Lipinski definition) is 3. The Morgan fingerprint density at radius 3 is 2.80 bits per heavy atom. The first-order valence-electron chi connectivity index (χ1n) is 6.91. The van der Waals surface area contributed by atoms with Gasteiger partial charge in [0, 0.05) is 0 Å². The van der Waals surface area contributed by atoms with Gasteiger partial charge in [-0.3, -0.25) is 4.79 Å². The van der Waals surface area contributed by atoms with Crippen molar-refractivity contribution in [3.63, 3.8) is 0 Å². The summed E-state index contributed by atoms with van der Waals surface area (Å²) in [6.07, 6.45) is 3.73. The molecular weight excluding hydrogens is 261 g/mol. The number of alkyl halides is 1. The van der Waals surface area contributed by atoms with E-state index in [9.17, 15) is 9.18 Å². The Hall–Kier alpha value is -1.62. The number of hydrogen-bond donors (Lipinski definition) is 2. The molecule has 0 saturated heterocycles. The summed E-state index contributed by atoms with van der Waals surface area (Å²) in [4.78, 5) is 10.9. The van der Waals surface area contributed by atoms with Crippen LogP contribution in [-0.4, -0.2) is 30.4 Å². The third-order valence-electron chi connectivity index (χ3n) is 3.76. The number of carboxylic acid groups (broad SMARTS) is 1. The summed E-state index contributed by atoms with van der Waals surface area (Å²) in [6.45, 7) is -0.540. The van der Waals surface area contributed by atoms with Crippen LogP contribution in [0.4, 0.5) is 4.39 Å². The largest absolute Gasteiger partial charge is 0.491 e. The first kappa shape index (κ1) is 14.8. The van der Waals surface area contributed by atoms with Gasteiger partial charge in [-0.1, -0.05) is 12.5 Å². The Kier molecular flexibility index (Phi) is 4.95. The summed E-state index contributed by atoms with van der Waals surface area (Å²) in [5.41, 5.74) is 7.68. The molecule has 5 heteroatoms. The maximum Gasteiger partial charge on any atom is 0.320 e. The standard InChI is InChI=1S/C15H20FNO3/c16-6-7-20-12-4-5-13(10-2-1-3-10)11(8-12)9-14(17)15(18)19/h4-5,8,10,14H,1-3,6-7,9,17H2,(H,18,19). The number of carboxylic acids is 1. The van der Waals surface area contributed by atoms with Crippen LogP contribution in [0.2, 0.25) is 0 Å². The zero-order chi connectivity index (χ0) is 14.5. The monoisotopic (exact) mass is 281 g/mol. The van der Waals surface area contributed by atoms with Crippen LogP contribution in [0, 0.1) is 0 Å². The van der Waals surface area contributed by atoms with Crippen molar-refractivity contribution in [3.05, 3.63) is 29.3 Å². The van der Waals surface area contributed by atoms with Gasteiger partial charge < -0.3 is 15.6 Å². The molecule has 1 aliphatic rings. The number of aliphatic carboxylic acids is 1. The van der Waals surface area contributed by atoms with Crippen LogP contribution in [0.25, 0.3) is 0 Å². The van der Waals surface area contributed by atoms with E-state index in [0.29, 0.717) is 11.7 Å². The van der Waals surface area contributed by atoms with E-state index in [4.69, 9.17) is 15.6 Å². The highest BCUT2D eigenvalue weighted by atomic mass is 19.1. The second kappa shape index (κ2) is 6.70. The summed E-state index contributed by atoms with van der Waals surface area (Å²) in [5.74, 6) is 0.0409. The summed E-state index contributed by atoms with van der Waals surface area (Å²) in [7, 11) is 0. The zero-order valence-corrected chi connectivity index (χ0v) is 11.3. The van der Waals surface area contributed by atoms with E-state index in [1.165, 1.54) is 6.42 Å². The van der Waals surface area contributed by atoms with Crippen LogP contribution in [0.5, 0.6) is 5.75 Å². The lowest BCUT2D eigenvalue weighted by Crippen LogP contribution is -2.32. The van der Waals surface area contributed by atoms with Crippen molar-refractivity contribution in [1.82, 2.24) is 0 Å². The van der Waals surface area contributed by atoms with Crippen molar-refractivity contribution in [2.45, 2.75) is 37.6 Å². The summed E-state index contributed by atoms with van der Waals surface area (Å²) >= 11 is 0. The van der Waals surface area contributed by atoms with Gasteiger partial charge in [-0.25, -0.2) is 4.39 Å². The molecule has 1 aromatic rings. The van der Waals surface area contributed by atoms with E-state index in [-0.39, 0.29) is 13.0 Å². The smallest absolute Gasteiger partial charge is 0.320 e. The molecule has 1 aliphatic carbocycles. The molecule has 0 radical (unpaired) electrons. The van der Waals surface area contributed by atoms with E-state index in [0.717, 1.165) is 24.0 Å². The molecule has 4 nitrogen and oxygen atoms in total. The second-order valence-electron chi connectivity index (χ2n) is 5.17. The minimum Gasteiger partial charge on any atom is -0.491 e. The zero-order valence-electron chi connectivity index (χ0n) is 11.3. The van der Waals surface area contributed by atoms with Crippen LogP contribution in [0.15, 0.2) is 18.2 Å². The maximum absolute atomic E-state index is 12.1. The Labute approximate surface area is 117 Å². The van der Waals surface area contributed by atoms with Crippen LogP contribution in [-0.2, 0) is 11.2 Å². The predicted molar refractivity (Wildman–Crippen MR) is 73.8 cm³/mol. The number of ether oxygens (including phenoxy) is 1. The molecule has 0 bridgehead atoms. The molecule has 20 heavy (non-hydrogen) atoms. The van der Waals surface area contributed by atoms with Crippen molar-refractivity contribution in [3.8, 4) is 5.75 Å². The molecule has 2 rings (SSSR count). The fourth-order valence-electron chi connectivity index (χ4n) is 2.45. The van der Waals surface area contributed by atoms with Crippen molar-refractivity contribution >= 4 is 5.97 Å². The minimum atomic E-state index is -1.01. The Balaban J connectivity index is 2.19. The van der Waals surface area contributed by atoms with Gasteiger partial charge in [0.05, 0.1) is 0 Å². The molecule has 0 aromatic heterocycles. The first-order chi connectivity index (χ1) is 9.61. The van der Waals surface area contributed by atoms with Crippen molar-refractivity contribution in [2.75, 3.05) is 13.3 Å². The Morgan fingerprint density at radius 1 is 1.50 bits per heavy atom. The molecule has 1 aromatic carbocycles. The predicted octanol–water partition coefficient (Wildman–Crippen LogP) is 2.26. The van der Waals surface area contributed by atoms with E-state index < -0.39 is 18.7 Å². The SMILES string of the molecule is NC(Cc1cc(OCCF)ccc1C1CCC1)C(=O)O. The van der Waals surface area contributed by atoms with Crippen molar-refractivity contribution in [1.29, 1.82) is 0 Å². The number of benzene rings is 1. The number of nitrogens with two attached hydrogens (primary N) is 1. The second-order valence-corrected chi connectivity index (χ2v) is 5.17. The normalized spacial score (nSPS) is 16.5. The Bertz CT molecular complexity index is 474. The van der Waals surface area contributed by atoms with Gasteiger partial charge in [-0.2, -0.15) is 0 Å². The topological polar surface area (TPSA) is 72.5 Å². The molecule has 0 spiro atoms. The van der Waals surface area contributed by atoms with Crippen molar-refractivity contribution < 1.29 is 19.0 Å². The lowest BCUT2D eigenvalue weighted by atomic mass is 9.77. The summed E-state index contributed by atoms with van der Waals surface area (Å²) in [6, 6.07) is 4.65. The number of halogens is 1. The highest BCUT2D eigenvalue weighted by molar-refractivity contribution is 5.73. The maximum atomic E-state index is 12.1. The molecule has 0 amide bonds. The molecule has 0 heterocycles. The van der Waals surface area contributed by atoms with Gasteiger partial charge in [0.25, 0.3) is 0 Å². The number of rotatable bonds is 7. The first-order valence-corrected chi connectivity index (χ1v) is 6.91. The molecular formula is C15H20FNO3. The van der Waals surface area contributed by atoms with Gasteiger partial charge in [-0.05, 0) is 48.4 Å². The average Bonchev–Trinajstić information content (AvgIpc) is 2.36. The summed E-state index contributed by atoms with van der Waals surface area (Å²) in [5, 5.41) is 8.95. The van der Waals surface area contributed by atoms with Gasteiger partial charge in [0.1, 0.15) is 25.1 Å². The van der Waals surface area contributed by atoms with Crippen LogP contribution < -0.4 is 10.5 Å². The molecule has 1 atom stereocenters. The lowest BCUT2D eigenvalue weighted by Gasteiger charge is -2.28. The fourth-order valence-corrected chi connectivity index (χ4v) is 2.45. The third kappa shape index (κ3) is 3.48. The van der Waals surface area contributed by atoms with Crippen LogP contribution in [0.3, 0.4) is 0 Å². The molecule has 1 unspecified atom stereocenters. The molecule has 110 valence electrons. The lowest BCUT2D eigenvalue weighted by molar-refractivity contribution is -0.138. The minimum absolute atomic E-state index is 0.00714. The molecule has 3 N–H and O–H groups in total. The van der Waals surface area contributed by atoms with Crippen LogP contribution in [0.1, 0.15) is 36.3 Å². The van der Waals surface area contributed by atoms with Gasteiger partial charge in [0.2, 0.25) is 0 Å².